The van der Waals surface area contributed by atoms with Gasteiger partial charge in [0, 0.05) is 16.9 Å². The van der Waals surface area contributed by atoms with Gasteiger partial charge in [0.05, 0.1) is 13.2 Å². The summed E-state index contributed by atoms with van der Waals surface area (Å²) in [6, 6.07) is 0. The number of methoxy groups -OCH3 is 1. The van der Waals surface area contributed by atoms with E-state index in [-0.39, 0.29) is 39.3 Å². The molecular weight excluding hydrogens is 436 g/mol. The minimum absolute atomic E-state index is 0.0520. The van der Waals surface area contributed by atoms with Gasteiger partial charge in [0.15, 0.2) is 5.78 Å². The Morgan fingerprint density at radius 2 is 1.83 bits per heavy atom. The van der Waals surface area contributed by atoms with Gasteiger partial charge in [-0.2, -0.15) is 0 Å². The standard InChI is InChI=1S/C31H48O4/c1-19(10-9-11-20(2)27(34)35-8)21-12-16-31(7)23-18-24(32)26-28(3,4)25(33)14-15-29(26,5)22(23)13-17-30(21,31)6/h11,18-19,21-22,25-26,33H,9-10,12-17H2,1-8H3/b20-11-/t19-,21-,22-,25-,26-,29+,30-,31+/m0/s1. The van der Waals surface area contributed by atoms with E-state index in [0.29, 0.717) is 23.3 Å². The molecule has 0 aromatic rings. The Morgan fingerprint density at radius 3 is 2.49 bits per heavy atom. The van der Waals surface area contributed by atoms with Crippen molar-refractivity contribution in [1.82, 2.24) is 0 Å². The number of fused-ring (bicyclic) bond motifs is 5. The highest BCUT2D eigenvalue weighted by Crippen LogP contribution is 2.73. The summed E-state index contributed by atoms with van der Waals surface area (Å²) in [7, 11) is 1.43. The van der Waals surface area contributed by atoms with Crippen molar-refractivity contribution in [2.24, 2.45) is 45.3 Å². The molecule has 0 aromatic heterocycles. The molecule has 0 radical (unpaired) electrons. The maximum atomic E-state index is 13.8. The SMILES string of the molecule is COC(=O)/C(C)=C\CC[C@H](C)[C@@H]1CC[C@]2(C)C3=CC(=O)[C@H]4C(C)(C)[C@@H](O)CC[C@]4(C)[C@H]3CC[C@@]12C. The molecule has 0 bridgehead atoms. The lowest BCUT2D eigenvalue weighted by atomic mass is 9.40. The van der Waals surface area contributed by atoms with E-state index >= 15 is 0 Å². The average molecular weight is 485 g/mol. The average Bonchev–Trinajstić information content (AvgIpc) is 3.07. The monoisotopic (exact) mass is 484 g/mol. The van der Waals surface area contributed by atoms with Crippen LogP contribution in [0.3, 0.4) is 0 Å². The molecule has 0 amide bonds. The number of hydrogen-bond acceptors (Lipinski definition) is 4. The van der Waals surface area contributed by atoms with Gasteiger partial charge in [0.1, 0.15) is 0 Å². The number of allylic oxidation sites excluding steroid dienone is 3. The summed E-state index contributed by atoms with van der Waals surface area (Å²) in [6.45, 7) is 15.7. The smallest absolute Gasteiger partial charge is 0.333 e. The predicted octanol–water partition coefficient (Wildman–Crippen LogP) is 6.67. The molecule has 0 aliphatic heterocycles. The van der Waals surface area contributed by atoms with E-state index in [0.717, 1.165) is 38.5 Å². The molecule has 4 aliphatic rings. The van der Waals surface area contributed by atoms with Crippen molar-refractivity contribution in [2.45, 2.75) is 106 Å². The van der Waals surface area contributed by atoms with E-state index in [1.165, 1.54) is 25.5 Å². The second kappa shape index (κ2) is 8.85. The van der Waals surface area contributed by atoms with E-state index < -0.39 is 6.10 Å². The Bertz CT molecular complexity index is 944. The van der Waals surface area contributed by atoms with Crippen LogP contribution in [0.1, 0.15) is 99.8 Å². The molecule has 0 spiro atoms. The molecule has 8 atom stereocenters. The predicted molar refractivity (Wildman–Crippen MR) is 140 cm³/mol. The van der Waals surface area contributed by atoms with Crippen LogP contribution in [0.4, 0.5) is 0 Å². The molecule has 35 heavy (non-hydrogen) atoms. The number of ether oxygens (including phenoxy) is 1. The molecule has 4 heteroatoms. The Balaban J connectivity index is 1.60. The Morgan fingerprint density at radius 1 is 1.14 bits per heavy atom. The van der Waals surface area contributed by atoms with E-state index in [9.17, 15) is 14.7 Å². The van der Waals surface area contributed by atoms with Crippen LogP contribution < -0.4 is 0 Å². The molecule has 196 valence electrons. The summed E-state index contributed by atoms with van der Waals surface area (Å²) in [5.41, 5.74) is 1.92. The summed E-state index contributed by atoms with van der Waals surface area (Å²) in [5.74, 6) is 1.54. The normalized spacial score (nSPS) is 43.5. The fourth-order valence-electron chi connectivity index (χ4n) is 9.55. The van der Waals surface area contributed by atoms with Gasteiger partial charge in [-0.1, -0.05) is 53.2 Å². The van der Waals surface area contributed by atoms with Gasteiger partial charge in [-0.15, -0.1) is 0 Å². The highest BCUT2D eigenvalue weighted by atomic mass is 16.5. The minimum atomic E-state index is -0.405. The molecule has 1 N–H and O–H groups in total. The van der Waals surface area contributed by atoms with Crippen molar-refractivity contribution in [2.75, 3.05) is 7.11 Å². The molecule has 4 nitrogen and oxygen atoms in total. The van der Waals surface area contributed by atoms with Crippen LogP contribution in [0, 0.1) is 45.3 Å². The first-order valence-corrected chi connectivity index (χ1v) is 13.9. The summed E-state index contributed by atoms with van der Waals surface area (Å²) in [5, 5.41) is 10.8. The van der Waals surface area contributed by atoms with Crippen LogP contribution in [0.15, 0.2) is 23.3 Å². The van der Waals surface area contributed by atoms with Crippen molar-refractivity contribution in [3.8, 4) is 0 Å². The third-order valence-corrected chi connectivity index (χ3v) is 11.9. The van der Waals surface area contributed by atoms with E-state index in [2.05, 4.69) is 47.6 Å². The summed E-state index contributed by atoms with van der Waals surface area (Å²) in [6.07, 6.45) is 12.1. The molecular formula is C31H48O4. The van der Waals surface area contributed by atoms with E-state index in [1.807, 2.05) is 13.0 Å². The van der Waals surface area contributed by atoms with Crippen molar-refractivity contribution >= 4 is 11.8 Å². The molecule has 0 aromatic carbocycles. The number of rotatable bonds is 5. The van der Waals surface area contributed by atoms with Crippen molar-refractivity contribution in [1.29, 1.82) is 0 Å². The van der Waals surface area contributed by atoms with Crippen molar-refractivity contribution in [3.63, 3.8) is 0 Å². The first kappa shape index (κ1) is 26.6. The zero-order valence-corrected chi connectivity index (χ0v) is 23.4. The van der Waals surface area contributed by atoms with Gasteiger partial charge in [-0.05, 0) is 98.4 Å². The van der Waals surface area contributed by atoms with E-state index in [4.69, 9.17) is 4.74 Å². The van der Waals surface area contributed by atoms with Crippen LogP contribution in [-0.4, -0.2) is 30.1 Å². The van der Waals surface area contributed by atoms with Crippen LogP contribution >= 0.6 is 0 Å². The maximum absolute atomic E-state index is 13.8. The first-order chi connectivity index (χ1) is 16.2. The summed E-state index contributed by atoms with van der Waals surface area (Å²) >= 11 is 0. The Labute approximate surface area is 213 Å². The second-order valence-electron chi connectivity index (χ2n) is 13.7. The van der Waals surface area contributed by atoms with Crippen molar-refractivity contribution in [3.05, 3.63) is 23.3 Å². The highest BCUT2D eigenvalue weighted by molar-refractivity contribution is 5.95. The van der Waals surface area contributed by atoms with Gasteiger partial charge in [0.2, 0.25) is 0 Å². The number of carbonyl (C=O) groups is 2. The molecule has 0 saturated heterocycles. The number of ketones is 1. The Hall–Kier alpha value is -1.42. The van der Waals surface area contributed by atoms with Crippen LogP contribution in [0.5, 0.6) is 0 Å². The lowest BCUT2D eigenvalue weighted by Crippen LogP contribution is -2.60. The number of aliphatic hydroxyl groups excluding tert-OH is 1. The number of aliphatic hydroxyl groups is 1. The lowest BCUT2D eigenvalue weighted by molar-refractivity contribution is -0.157. The Kier molecular flexibility index (Phi) is 6.74. The quantitative estimate of drug-likeness (QED) is 0.350. The second-order valence-corrected chi connectivity index (χ2v) is 13.7. The minimum Gasteiger partial charge on any atom is -0.466 e. The lowest BCUT2D eigenvalue weighted by Gasteiger charge is -2.63. The fraction of sp³-hybridized carbons (Fsp3) is 0.806. The molecule has 4 aliphatic carbocycles. The summed E-state index contributed by atoms with van der Waals surface area (Å²) < 4.78 is 4.84. The van der Waals surface area contributed by atoms with Crippen LogP contribution in [0.25, 0.3) is 0 Å². The molecule has 3 saturated carbocycles. The number of esters is 1. The zero-order chi connectivity index (χ0) is 26.0. The number of carbonyl (C=O) groups excluding carboxylic acids is 2. The van der Waals surface area contributed by atoms with E-state index in [1.54, 1.807) is 0 Å². The molecule has 0 unspecified atom stereocenters. The van der Waals surface area contributed by atoms with Gasteiger partial charge >= 0.3 is 5.97 Å². The molecule has 4 rings (SSSR count). The van der Waals surface area contributed by atoms with Gasteiger partial charge in [-0.25, -0.2) is 4.79 Å². The van der Waals surface area contributed by atoms with Gasteiger partial charge in [-0.3, -0.25) is 4.79 Å². The largest absolute Gasteiger partial charge is 0.466 e. The third-order valence-electron chi connectivity index (χ3n) is 11.9. The highest BCUT2D eigenvalue weighted by Gasteiger charge is 2.66. The maximum Gasteiger partial charge on any atom is 0.333 e. The topological polar surface area (TPSA) is 63.6 Å². The fourth-order valence-corrected chi connectivity index (χ4v) is 9.55. The zero-order valence-electron chi connectivity index (χ0n) is 23.4. The summed E-state index contributed by atoms with van der Waals surface area (Å²) in [4.78, 5) is 25.5. The van der Waals surface area contributed by atoms with Crippen molar-refractivity contribution < 1.29 is 19.4 Å². The first-order valence-electron chi connectivity index (χ1n) is 13.9. The van der Waals surface area contributed by atoms with Crippen LogP contribution in [-0.2, 0) is 14.3 Å². The molecule has 0 heterocycles. The van der Waals surface area contributed by atoms with Crippen LogP contribution in [0.2, 0.25) is 0 Å². The van der Waals surface area contributed by atoms with Gasteiger partial charge < -0.3 is 9.84 Å². The van der Waals surface area contributed by atoms with Gasteiger partial charge in [0.25, 0.3) is 0 Å². The third kappa shape index (κ3) is 3.80. The molecule has 3 fully saturated rings. The number of hydrogen-bond donors (Lipinski definition) is 1.